The van der Waals surface area contributed by atoms with Crippen molar-refractivity contribution in [2.24, 2.45) is 5.14 Å². The summed E-state index contributed by atoms with van der Waals surface area (Å²) in [5.41, 5.74) is -2.39. The van der Waals surface area contributed by atoms with Crippen molar-refractivity contribution in [2.45, 2.75) is 4.90 Å². The van der Waals surface area contributed by atoms with Crippen molar-refractivity contribution >= 4 is 33.2 Å². The second-order valence-corrected chi connectivity index (χ2v) is 8.36. The lowest BCUT2D eigenvalue weighted by Crippen LogP contribution is -2.14. The molecule has 0 amide bonds. The minimum atomic E-state index is -4.44. The van der Waals surface area contributed by atoms with Crippen LogP contribution in [0.1, 0.15) is 0 Å². The molecule has 11 heteroatoms. The van der Waals surface area contributed by atoms with Gasteiger partial charge >= 0.3 is 0 Å². The van der Waals surface area contributed by atoms with E-state index in [2.05, 4.69) is 0 Å². The van der Waals surface area contributed by atoms with Gasteiger partial charge in [-0.05, 0) is 23.8 Å². The van der Waals surface area contributed by atoms with Crippen LogP contribution in [0, 0.1) is 23.3 Å². The van der Waals surface area contributed by atoms with Gasteiger partial charge in [0.2, 0.25) is 10.0 Å². The van der Waals surface area contributed by atoms with Crippen LogP contribution in [0.3, 0.4) is 0 Å². The molecule has 0 bridgehead atoms. The summed E-state index contributed by atoms with van der Waals surface area (Å²) >= 11 is 12.1. The summed E-state index contributed by atoms with van der Waals surface area (Å²) in [4.78, 5) is -0.624. The van der Waals surface area contributed by atoms with Gasteiger partial charge in [0.05, 0.1) is 22.1 Å². The molecule has 0 aromatic heterocycles. The largest absolute Gasteiger partial charge is 0.494 e. The monoisotopic (exact) mass is 479 g/mol. The number of nitrogens with two attached hydrogens (primary N) is 1. The van der Waals surface area contributed by atoms with Crippen molar-refractivity contribution in [3.8, 4) is 28.0 Å². The Balaban J connectivity index is 2.52. The fourth-order valence-electron chi connectivity index (χ4n) is 2.98. The highest BCUT2D eigenvalue weighted by Crippen LogP contribution is 2.44. The van der Waals surface area contributed by atoms with Gasteiger partial charge in [-0.15, -0.1) is 0 Å². The number of hydrogen-bond donors (Lipinski definition) is 1. The smallest absolute Gasteiger partial charge is 0.238 e. The Bertz CT molecular complexity index is 1260. The van der Waals surface area contributed by atoms with Crippen LogP contribution in [-0.2, 0) is 10.0 Å². The number of benzene rings is 3. The molecule has 0 aliphatic heterocycles. The first kappa shape index (κ1) is 22.4. The molecule has 0 fully saturated rings. The fourth-order valence-corrected chi connectivity index (χ4v) is 4.36. The first-order chi connectivity index (χ1) is 14.0. The normalized spacial score (nSPS) is 11.6. The molecule has 3 aromatic rings. The summed E-state index contributed by atoms with van der Waals surface area (Å²) in [5.74, 6) is -7.80. The Morgan fingerprint density at radius 3 is 1.87 bits per heavy atom. The van der Waals surface area contributed by atoms with Crippen LogP contribution in [-0.4, -0.2) is 15.5 Å². The van der Waals surface area contributed by atoms with Gasteiger partial charge in [-0.2, -0.15) is 0 Å². The molecule has 0 spiro atoms. The van der Waals surface area contributed by atoms with Gasteiger partial charge in [0.15, 0.2) is 29.0 Å². The predicted molar refractivity (Wildman–Crippen MR) is 105 cm³/mol. The summed E-state index contributed by atoms with van der Waals surface area (Å²) < 4.78 is 86.8. The molecule has 30 heavy (non-hydrogen) atoms. The summed E-state index contributed by atoms with van der Waals surface area (Å²) in [7, 11) is -3.18. The summed E-state index contributed by atoms with van der Waals surface area (Å²) in [5, 5.41) is 4.90. The molecule has 158 valence electrons. The first-order valence-corrected chi connectivity index (χ1v) is 10.3. The van der Waals surface area contributed by atoms with Crippen molar-refractivity contribution < 1.29 is 30.7 Å². The third kappa shape index (κ3) is 3.74. The zero-order chi connectivity index (χ0) is 22.4. The molecular formula is C19H11Cl2F4NO3S. The van der Waals surface area contributed by atoms with Crippen LogP contribution in [0.5, 0.6) is 5.75 Å². The molecule has 0 saturated heterocycles. The minimum Gasteiger partial charge on any atom is -0.494 e. The topological polar surface area (TPSA) is 69.4 Å². The molecule has 0 radical (unpaired) electrons. The molecule has 0 unspecified atom stereocenters. The molecular weight excluding hydrogens is 469 g/mol. The molecule has 2 N–H and O–H groups in total. The summed E-state index contributed by atoms with van der Waals surface area (Å²) in [6.45, 7) is 0. The molecule has 3 rings (SSSR count). The van der Waals surface area contributed by atoms with Crippen molar-refractivity contribution in [1.29, 1.82) is 0 Å². The van der Waals surface area contributed by atoms with E-state index in [4.69, 9.17) is 33.1 Å². The van der Waals surface area contributed by atoms with Gasteiger partial charge in [0.1, 0.15) is 0 Å². The fraction of sp³-hybridized carbons (Fsp3) is 0.0526. The van der Waals surface area contributed by atoms with Gasteiger partial charge in [-0.1, -0.05) is 41.4 Å². The van der Waals surface area contributed by atoms with Crippen LogP contribution < -0.4 is 9.88 Å². The number of methoxy groups -OCH3 is 1. The third-order valence-corrected chi connectivity index (χ3v) is 5.75. The number of ether oxygens (including phenoxy) is 1. The molecule has 0 saturated carbocycles. The molecule has 0 atom stereocenters. The van der Waals surface area contributed by atoms with E-state index in [1.54, 1.807) is 0 Å². The average Bonchev–Trinajstić information content (AvgIpc) is 2.68. The molecule has 0 aliphatic rings. The lowest BCUT2D eigenvalue weighted by atomic mass is 9.92. The van der Waals surface area contributed by atoms with Gasteiger partial charge in [0.25, 0.3) is 0 Å². The van der Waals surface area contributed by atoms with E-state index in [1.807, 2.05) is 0 Å². The zero-order valence-corrected chi connectivity index (χ0v) is 17.3. The van der Waals surface area contributed by atoms with E-state index < -0.39 is 54.9 Å². The van der Waals surface area contributed by atoms with E-state index in [-0.39, 0.29) is 21.4 Å². The average molecular weight is 480 g/mol. The maximum Gasteiger partial charge on any atom is 0.238 e. The van der Waals surface area contributed by atoms with Crippen molar-refractivity contribution in [2.75, 3.05) is 7.11 Å². The number of halogens is 6. The minimum absolute atomic E-state index is 0.0111. The van der Waals surface area contributed by atoms with Crippen LogP contribution in [0.4, 0.5) is 17.6 Å². The van der Waals surface area contributed by atoms with Crippen LogP contribution in [0.15, 0.2) is 41.3 Å². The van der Waals surface area contributed by atoms with Crippen LogP contribution in [0.25, 0.3) is 22.3 Å². The zero-order valence-electron chi connectivity index (χ0n) is 14.9. The number of hydrogen-bond acceptors (Lipinski definition) is 3. The molecule has 0 heterocycles. The SMILES string of the molecule is COc1c(Cl)cc(-c2c(F)c(F)c(F)c(F)c2-c2ccccc2S(N)(=O)=O)cc1Cl. The van der Waals surface area contributed by atoms with Crippen molar-refractivity contribution in [3.05, 3.63) is 69.7 Å². The maximum atomic E-state index is 14.9. The predicted octanol–water partition coefficient (Wildman–Crippen LogP) is 5.54. The molecule has 4 nitrogen and oxygen atoms in total. The Labute approximate surface area is 178 Å². The standard InChI is InChI=1S/C19H11Cl2F4NO3S/c1-29-19-10(20)6-8(7-11(19)21)13-14(16(23)18(25)17(24)15(13)22)9-4-2-3-5-12(9)30(26,27)28/h2-7H,1H3,(H2,26,27,28). The highest BCUT2D eigenvalue weighted by molar-refractivity contribution is 7.89. The summed E-state index contributed by atoms with van der Waals surface area (Å²) in [6, 6.07) is 6.83. The molecule has 3 aromatic carbocycles. The van der Waals surface area contributed by atoms with Gasteiger partial charge < -0.3 is 4.74 Å². The van der Waals surface area contributed by atoms with Crippen molar-refractivity contribution in [3.63, 3.8) is 0 Å². The Morgan fingerprint density at radius 2 is 1.37 bits per heavy atom. The van der Waals surface area contributed by atoms with E-state index in [0.717, 1.165) is 24.3 Å². The Kier molecular flexibility index (Phi) is 6.01. The quantitative estimate of drug-likeness (QED) is 0.303. The second-order valence-electron chi connectivity index (χ2n) is 6.02. The molecule has 0 aliphatic carbocycles. The first-order valence-electron chi connectivity index (χ1n) is 8.00. The van der Waals surface area contributed by atoms with E-state index in [0.29, 0.717) is 0 Å². The van der Waals surface area contributed by atoms with E-state index in [1.165, 1.54) is 19.2 Å². The van der Waals surface area contributed by atoms with Crippen molar-refractivity contribution in [1.82, 2.24) is 0 Å². The van der Waals surface area contributed by atoms with Crippen LogP contribution in [0.2, 0.25) is 10.0 Å². The van der Waals surface area contributed by atoms with Gasteiger partial charge in [-0.25, -0.2) is 31.1 Å². The van der Waals surface area contributed by atoms with E-state index >= 15 is 0 Å². The van der Waals surface area contributed by atoms with Gasteiger partial charge in [-0.3, -0.25) is 0 Å². The van der Waals surface area contributed by atoms with Gasteiger partial charge in [0, 0.05) is 16.7 Å². The Hall–Kier alpha value is -2.33. The highest BCUT2D eigenvalue weighted by Gasteiger charge is 2.30. The lowest BCUT2D eigenvalue weighted by Gasteiger charge is -2.17. The maximum absolute atomic E-state index is 14.9. The van der Waals surface area contributed by atoms with Crippen LogP contribution >= 0.6 is 23.2 Å². The summed E-state index contributed by atoms with van der Waals surface area (Å²) in [6.07, 6.45) is 0. The highest BCUT2D eigenvalue weighted by atomic mass is 35.5. The number of rotatable bonds is 4. The lowest BCUT2D eigenvalue weighted by molar-refractivity contribution is 0.412. The third-order valence-electron chi connectivity index (χ3n) is 4.22. The Morgan fingerprint density at radius 1 is 0.867 bits per heavy atom. The number of sulfonamides is 1. The van der Waals surface area contributed by atoms with E-state index in [9.17, 15) is 26.0 Å². The second kappa shape index (κ2) is 8.07. The number of primary sulfonamides is 1.